The molecule has 0 aliphatic carbocycles. The van der Waals surface area contributed by atoms with Crippen LogP contribution in [-0.2, 0) is 0 Å². The molecule has 3 atom stereocenters. The molecule has 3 aliphatic heterocycles. The number of nitrogens with one attached hydrogen (secondary N) is 5. The Hall–Kier alpha value is -3.09. The second kappa shape index (κ2) is 10.7. The molecule has 6 N–H and O–H groups in total. The van der Waals surface area contributed by atoms with Crippen molar-refractivity contribution >= 4 is 17.3 Å². The van der Waals surface area contributed by atoms with Crippen molar-refractivity contribution < 1.29 is 19.0 Å². The summed E-state index contributed by atoms with van der Waals surface area (Å²) in [7, 11) is 0. The van der Waals surface area contributed by atoms with Crippen LogP contribution in [0.5, 0.6) is 5.75 Å². The van der Waals surface area contributed by atoms with Gasteiger partial charge in [0.05, 0.1) is 25.5 Å². The van der Waals surface area contributed by atoms with Gasteiger partial charge in [0.15, 0.2) is 0 Å². The summed E-state index contributed by atoms with van der Waals surface area (Å²) in [6, 6.07) is 11.3. The molecule has 0 saturated carbocycles. The fourth-order valence-electron chi connectivity index (χ4n) is 4.65. The van der Waals surface area contributed by atoms with E-state index in [-0.39, 0.29) is 43.3 Å². The van der Waals surface area contributed by atoms with Crippen LogP contribution in [0.2, 0.25) is 0 Å². The number of nitrogens with zero attached hydrogens (tertiary/aromatic N) is 2. The number of ether oxygens (including phenoxy) is 1. The van der Waals surface area contributed by atoms with Crippen molar-refractivity contribution in [1.82, 2.24) is 26.4 Å². The third-order valence-electron chi connectivity index (χ3n) is 6.43. The maximum Gasteiger partial charge on any atom is 0.251 e. The Balaban J connectivity index is 1.20. The molecule has 0 aromatic heterocycles. The van der Waals surface area contributed by atoms with Crippen LogP contribution in [0.15, 0.2) is 47.5 Å². The number of benzene rings is 2. The molecule has 10 nitrogen and oxygen atoms in total. The summed E-state index contributed by atoms with van der Waals surface area (Å²) in [6.45, 7) is 2.85. The van der Waals surface area contributed by atoms with E-state index < -0.39 is 0 Å². The maximum absolute atomic E-state index is 13.4. The number of fused-ring (bicyclic) bond motifs is 1. The first-order valence-corrected chi connectivity index (χ1v) is 11.8. The number of halogens is 1. The largest absolute Gasteiger partial charge is 0.491 e. The quantitative estimate of drug-likeness (QED) is 0.322. The molecule has 5 rings (SSSR count). The van der Waals surface area contributed by atoms with E-state index in [9.17, 15) is 14.3 Å². The van der Waals surface area contributed by atoms with Crippen molar-refractivity contribution in [2.75, 3.05) is 44.8 Å². The van der Waals surface area contributed by atoms with Gasteiger partial charge in [-0.2, -0.15) is 0 Å². The number of aliphatic hydroxyl groups excluding tert-OH is 1. The molecule has 1 saturated heterocycles. The zero-order valence-corrected chi connectivity index (χ0v) is 19.3. The molecule has 35 heavy (non-hydrogen) atoms. The number of hydrogen-bond acceptors (Lipinski definition) is 9. The smallest absolute Gasteiger partial charge is 0.251 e. The highest BCUT2D eigenvalue weighted by atomic mass is 19.1. The first-order valence-electron chi connectivity index (χ1n) is 11.8. The molecule has 1 amide bonds. The third kappa shape index (κ3) is 5.29. The van der Waals surface area contributed by atoms with Crippen LogP contribution in [0.3, 0.4) is 0 Å². The molecule has 0 bridgehead atoms. The molecule has 11 heteroatoms. The second-order valence-corrected chi connectivity index (χ2v) is 8.71. The minimum Gasteiger partial charge on any atom is -0.491 e. The standard InChI is InChI=1S/C24H30FN7O3/c25-16-4-5-18-20(13-35-21(18)11-16)29-24(34)15-2-1-3-17(10-15)27-12-22-30-31-23(32(22)8-9-33)19-6-7-26-14-28-19/h1-5,10-11,20,22-23,26-27,30-31,33H,6-9,12-14H2,(H,29,34)/t20-,22?,23?/m1/s1. The van der Waals surface area contributed by atoms with Crippen LogP contribution >= 0.6 is 0 Å². The Kier molecular flexibility index (Phi) is 7.21. The zero-order chi connectivity index (χ0) is 24.2. The molecule has 186 valence electrons. The van der Waals surface area contributed by atoms with Crippen molar-refractivity contribution in [3.63, 3.8) is 0 Å². The number of hydrogen-bond donors (Lipinski definition) is 6. The third-order valence-corrected chi connectivity index (χ3v) is 6.43. The number of aliphatic hydroxyl groups is 1. The van der Waals surface area contributed by atoms with Crippen molar-refractivity contribution in [3.8, 4) is 5.75 Å². The van der Waals surface area contributed by atoms with Crippen molar-refractivity contribution in [2.45, 2.75) is 24.8 Å². The van der Waals surface area contributed by atoms with Gasteiger partial charge in [-0.25, -0.2) is 15.2 Å². The van der Waals surface area contributed by atoms with Crippen LogP contribution in [0.1, 0.15) is 28.4 Å². The maximum atomic E-state index is 13.4. The highest BCUT2D eigenvalue weighted by molar-refractivity contribution is 5.95. The fourth-order valence-corrected chi connectivity index (χ4v) is 4.65. The molecule has 1 fully saturated rings. The summed E-state index contributed by atoms with van der Waals surface area (Å²) in [5.74, 6) is -0.135. The van der Waals surface area contributed by atoms with E-state index in [1.807, 2.05) is 12.1 Å². The predicted molar refractivity (Wildman–Crippen MR) is 130 cm³/mol. The number of amides is 1. The molecular formula is C24H30FN7O3. The van der Waals surface area contributed by atoms with E-state index in [1.54, 1.807) is 18.2 Å². The Morgan fingerprint density at radius 2 is 2.17 bits per heavy atom. The van der Waals surface area contributed by atoms with Crippen molar-refractivity contribution in [3.05, 3.63) is 59.4 Å². The summed E-state index contributed by atoms with van der Waals surface area (Å²) >= 11 is 0. The highest BCUT2D eigenvalue weighted by Crippen LogP contribution is 2.33. The van der Waals surface area contributed by atoms with E-state index in [2.05, 4.69) is 36.7 Å². The molecule has 3 heterocycles. The lowest BCUT2D eigenvalue weighted by atomic mass is 10.1. The number of carbonyl (C=O) groups excluding carboxylic acids is 1. The van der Waals surface area contributed by atoms with E-state index in [0.29, 0.717) is 31.1 Å². The van der Waals surface area contributed by atoms with Gasteiger partial charge >= 0.3 is 0 Å². The second-order valence-electron chi connectivity index (χ2n) is 8.71. The Morgan fingerprint density at radius 3 is 3.00 bits per heavy atom. The zero-order valence-electron chi connectivity index (χ0n) is 19.3. The number of rotatable bonds is 8. The summed E-state index contributed by atoms with van der Waals surface area (Å²) in [5.41, 5.74) is 9.73. The van der Waals surface area contributed by atoms with Gasteiger partial charge in [0.25, 0.3) is 5.91 Å². The Labute approximate surface area is 202 Å². The minimum atomic E-state index is -0.367. The van der Waals surface area contributed by atoms with Crippen LogP contribution < -0.4 is 31.5 Å². The highest BCUT2D eigenvalue weighted by Gasteiger charge is 2.35. The summed E-state index contributed by atoms with van der Waals surface area (Å²) in [4.78, 5) is 19.6. The van der Waals surface area contributed by atoms with Crippen LogP contribution in [0.25, 0.3) is 0 Å². The van der Waals surface area contributed by atoms with Gasteiger partial charge in [0, 0.05) is 54.6 Å². The Bertz CT molecular complexity index is 1100. The van der Waals surface area contributed by atoms with E-state index in [0.717, 1.165) is 29.9 Å². The topological polar surface area (TPSA) is 122 Å². The van der Waals surface area contributed by atoms with Gasteiger partial charge < -0.3 is 20.5 Å². The lowest BCUT2D eigenvalue weighted by Gasteiger charge is -2.29. The summed E-state index contributed by atoms with van der Waals surface area (Å²) in [6.07, 6.45) is 0.706. The monoisotopic (exact) mass is 483 g/mol. The molecule has 2 unspecified atom stereocenters. The van der Waals surface area contributed by atoms with E-state index in [4.69, 9.17) is 4.74 Å². The molecule has 0 spiro atoms. The Morgan fingerprint density at radius 1 is 1.26 bits per heavy atom. The van der Waals surface area contributed by atoms with Crippen molar-refractivity contribution in [2.24, 2.45) is 4.99 Å². The number of β-amino-alcohol motifs (C(OH)–C–C–N with tert-alkyl or cyclic N) is 1. The van der Waals surface area contributed by atoms with Crippen LogP contribution in [0.4, 0.5) is 10.1 Å². The van der Waals surface area contributed by atoms with Crippen LogP contribution in [0, 0.1) is 5.82 Å². The lowest BCUT2D eigenvalue weighted by Crippen LogP contribution is -2.49. The van der Waals surface area contributed by atoms with Gasteiger partial charge in [-0.15, -0.1) is 0 Å². The minimum absolute atomic E-state index is 0.0399. The van der Waals surface area contributed by atoms with Gasteiger partial charge in [-0.05, 0) is 24.3 Å². The average Bonchev–Trinajstić information content (AvgIpc) is 3.47. The first-order chi connectivity index (χ1) is 17.1. The fraction of sp³-hybridized carbons (Fsp3) is 0.417. The SMILES string of the molecule is O=C(N[C@@H]1COc2cc(F)ccc21)c1cccc(NCC2NNC(C3=NCNCC3)N2CCO)c1. The first kappa shape index (κ1) is 23.6. The summed E-state index contributed by atoms with van der Waals surface area (Å²) in [5, 5.41) is 19.2. The number of carbonyl (C=O) groups is 1. The number of anilines is 1. The predicted octanol–water partition coefficient (Wildman–Crippen LogP) is 0.547. The number of aliphatic imine (C=N–C) groups is 1. The van der Waals surface area contributed by atoms with Crippen LogP contribution in [-0.4, -0.2) is 73.5 Å². The molecule has 0 radical (unpaired) electrons. The molecule has 3 aliphatic rings. The summed E-state index contributed by atoms with van der Waals surface area (Å²) < 4.78 is 18.9. The molecule has 2 aromatic rings. The van der Waals surface area contributed by atoms with Gasteiger partial charge in [-0.3, -0.25) is 20.0 Å². The number of hydrazine groups is 1. The normalized spacial score (nSPS) is 23.9. The van der Waals surface area contributed by atoms with Gasteiger partial charge in [0.1, 0.15) is 24.3 Å². The average molecular weight is 484 g/mol. The lowest BCUT2D eigenvalue weighted by molar-refractivity contribution is 0.0930. The molecular weight excluding hydrogens is 453 g/mol. The van der Waals surface area contributed by atoms with Gasteiger partial charge in [-0.1, -0.05) is 12.1 Å². The molecule has 2 aromatic carbocycles. The van der Waals surface area contributed by atoms with Gasteiger partial charge in [0.2, 0.25) is 0 Å². The van der Waals surface area contributed by atoms with E-state index >= 15 is 0 Å². The van der Waals surface area contributed by atoms with Crippen molar-refractivity contribution in [1.29, 1.82) is 0 Å². The van der Waals surface area contributed by atoms with E-state index in [1.165, 1.54) is 12.1 Å².